The lowest BCUT2D eigenvalue weighted by molar-refractivity contribution is 0.0546. The van der Waals surface area contributed by atoms with Crippen LogP contribution in [0.25, 0.3) is 0 Å². The van der Waals surface area contributed by atoms with Gasteiger partial charge in [-0.2, -0.15) is 0 Å². The first-order chi connectivity index (χ1) is 16.4. The van der Waals surface area contributed by atoms with E-state index < -0.39 is 0 Å². The smallest absolute Gasteiger partial charge is 0.255 e. The van der Waals surface area contributed by atoms with E-state index in [4.69, 9.17) is 4.98 Å². The maximum absolute atomic E-state index is 13.2. The number of piperidine rings is 1. The van der Waals surface area contributed by atoms with Crippen molar-refractivity contribution < 1.29 is 14.7 Å². The SMILES string of the molecule is CCCN(c1ccn(C(C)=O)c(=NC)c1)c1ncc(C(=O)N2CCC(O)CC2)cc1C1CCC1. The van der Waals surface area contributed by atoms with E-state index in [1.54, 1.807) is 19.4 Å². The molecule has 4 rings (SSSR count). The minimum absolute atomic E-state index is 0.0113. The van der Waals surface area contributed by atoms with E-state index in [1.165, 1.54) is 17.9 Å². The number of carbonyl (C=O) groups is 2. The highest BCUT2D eigenvalue weighted by Gasteiger charge is 2.29. The Morgan fingerprint density at radius 1 is 1.21 bits per heavy atom. The van der Waals surface area contributed by atoms with Crippen LogP contribution in [-0.2, 0) is 0 Å². The van der Waals surface area contributed by atoms with E-state index >= 15 is 0 Å². The summed E-state index contributed by atoms with van der Waals surface area (Å²) >= 11 is 0. The van der Waals surface area contributed by atoms with Gasteiger partial charge in [0, 0.05) is 57.8 Å². The number of amides is 1. The second kappa shape index (κ2) is 10.5. The maximum Gasteiger partial charge on any atom is 0.255 e. The van der Waals surface area contributed by atoms with Gasteiger partial charge in [0.15, 0.2) is 0 Å². The molecule has 0 radical (unpaired) electrons. The van der Waals surface area contributed by atoms with Crippen molar-refractivity contribution in [1.29, 1.82) is 0 Å². The van der Waals surface area contributed by atoms with E-state index in [0.29, 0.717) is 42.9 Å². The van der Waals surface area contributed by atoms with Crippen molar-refractivity contribution in [1.82, 2.24) is 14.5 Å². The summed E-state index contributed by atoms with van der Waals surface area (Å²) < 4.78 is 1.53. The van der Waals surface area contributed by atoms with Crippen LogP contribution in [0.15, 0.2) is 35.6 Å². The molecule has 1 N–H and O–H groups in total. The predicted molar refractivity (Wildman–Crippen MR) is 131 cm³/mol. The molecule has 2 aromatic heterocycles. The molecule has 1 saturated heterocycles. The van der Waals surface area contributed by atoms with Gasteiger partial charge >= 0.3 is 0 Å². The molecule has 8 nitrogen and oxygen atoms in total. The minimum Gasteiger partial charge on any atom is -0.393 e. The van der Waals surface area contributed by atoms with Gasteiger partial charge in [-0.15, -0.1) is 0 Å². The maximum atomic E-state index is 13.2. The van der Waals surface area contributed by atoms with E-state index in [2.05, 4.69) is 16.8 Å². The minimum atomic E-state index is -0.315. The van der Waals surface area contributed by atoms with Gasteiger partial charge in [-0.05, 0) is 55.7 Å². The van der Waals surface area contributed by atoms with Crippen LogP contribution in [0.5, 0.6) is 0 Å². The van der Waals surface area contributed by atoms with E-state index in [1.807, 2.05) is 23.1 Å². The fourth-order valence-corrected chi connectivity index (χ4v) is 4.75. The lowest BCUT2D eigenvalue weighted by Gasteiger charge is -2.33. The number of pyridine rings is 2. The number of nitrogens with zero attached hydrogens (tertiary/aromatic N) is 5. The van der Waals surface area contributed by atoms with Crippen molar-refractivity contribution in [3.05, 3.63) is 47.2 Å². The first kappa shape index (κ1) is 24.1. The van der Waals surface area contributed by atoms with Crippen molar-refractivity contribution in [2.45, 2.75) is 64.4 Å². The van der Waals surface area contributed by atoms with Crippen LogP contribution in [0, 0.1) is 0 Å². The summed E-state index contributed by atoms with van der Waals surface area (Å²) in [5.74, 6) is 1.16. The molecule has 0 atom stereocenters. The van der Waals surface area contributed by atoms with Crippen molar-refractivity contribution in [3.8, 4) is 0 Å². The molecular weight excluding hydrogens is 430 g/mol. The van der Waals surface area contributed by atoms with Gasteiger partial charge in [0.1, 0.15) is 11.3 Å². The van der Waals surface area contributed by atoms with Crippen LogP contribution in [-0.4, -0.2) is 64.2 Å². The topological polar surface area (TPSA) is 91.0 Å². The Hall–Kier alpha value is -3.00. The van der Waals surface area contributed by atoms with Crippen LogP contribution < -0.4 is 10.4 Å². The highest BCUT2D eigenvalue weighted by Crippen LogP contribution is 2.42. The van der Waals surface area contributed by atoms with Crippen LogP contribution in [0.1, 0.15) is 79.0 Å². The molecule has 1 aliphatic carbocycles. The highest BCUT2D eigenvalue weighted by atomic mass is 16.3. The number of anilines is 2. The molecule has 2 aromatic rings. The normalized spacial score (nSPS) is 17.5. The third kappa shape index (κ3) is 4.92. The number of likely N-dealkylation sites (tertiary alicyclic amines) is 1. The molecular formula is C26H35N5O3. The first-order valence-electron chi connectivity index (χ1n) is 12.3. The molecule has 0 bridgehead atoms. The first-order valence-corrected chi connectivity index (χ1v) is 12.3. The number of aliphatic hydroxyl groups excluding tert-OH is 1. The third-order valence-corrected chi connectivity index (χ3v) is 6.94. The van der Waals surface area contributed by atoms with Gasteiger partial charge in [0.05, 0.1) is 11.7 Å². The molecule has 0 aromatic carbocycles. The second-order valence-electron chi connectivity index (χ2n) is 9.30. The van der Waals surface area contributed by atoms with Crippen LogP contribution in [0.3, 0.4) is 0 Å². The number of hydrogen-bond donors (Lipinski definition) is 1. The summed E-state index contributed by atoms with van der Waals surface area (Å²) in [4.78, 5) is 38.3. The molecule has 1 amide bonds. The van der Waals surface area contributed by atoms with Gasteiger partial charge in [-0.25, -0.2) is 4.98 Å². The Labute approximate surface area is 200 Å². The lowest BCUT2D eigenvalue weighted by atomic mass is 9.79. The van der Waals surface area contributed by atoms with Crippen LogP contribution >= 0.6 is 0 Å². The summed E-state index contributed by atoms with van der Waals surface area (Å²) in [6.45, 7) is 5.56. The quantitative estimate of drug-likeness (QED) is 0.705. The van der Waals surface area contributed by atoms with Gasteiger partial charge in [-0.1, -0.05) is 13.3 Å². The summed E-state index contributed by atoms with van der Waals surface area (Å²) in [6, 6.07) is 5.88. The zero-order chi connectivity index (χ0) is 24.2. The Morgan fingerprint density at radius 2 is 1.94 bits per heavy atom. The van der Waals surface area contributed by atoms with Crippen LogP contribution in [0.2, 0.25) is 0 Å². The Bertz CT molecular complexity index is 1110. The molecule has 2 aliphatic rings. The average Bonchev–Trinajstić information content (AvgIpc) is 2.81. The standard InChI is InChI=1S/C26H35N5O3/c1-4-11-31(21-8-14-30(18(2)32)24(16-21)27-3)25-23(19-6-5-7-19)15-20(17-28-25)26(34)29-12-9-22(33)10-13-29/h8,14-17,19,22,33H,4-7,9-13H2,1-3H3. The zero-order valence-electron chi connectivity index (χ0n) is 20.4. The largest absolute Gasteiger partial charge is 0.393 e. The molecule has 3 heterocycles. The molecule has 34 heavy (non-hydrogen) atoms. The number of aliphatic hydroxyl groups is 1. The van der Waals surface area contributed by atoms with Crippen LogP contribution in [0.4, 0.5) is 11.5 Å². The lowest BCUT2D eigenvalue weighted by Crippen LogP contribution is -2.40. The fourth-order valence-electron chi connectivity index (χ4n) is 4.75. The second-order valence-corrected chi connectivity index (χ2v) is 9.30. The summed E-state index contributed by atoms with van der Waals surface area (Å²) in [5.41, 5.74) is 3.25. The number of carbonyl (C=O) groups excluding carboxylic acids is 2. The molecule has 0 unspecified atom stereocenters. The Kier molecular flexibility index (Phi) is 7.46. The number of hydrogen-bond acceptors (Lipinski definition) is 6. The summed E-state index contributed by atoms with van der Waals surface area (Å²) in [7, 11) is 1.68. The number of rotatable bonds is 6. The van der Waals surface area contributed by atoms with Gasteiger partial charge in [-0.3, -0.25) is 19.1 Å². The monoisotopic (exact) mass is 465 g/mol. The third-order valence-electron chi connectivity index (χ3n) is 6.94. The summed E-state index contributed by atoms with van der Waals surface area (Å²) in [5, 5.41) is 9.79. The van der Waals surface area contributed by atoms with Crippen molar-refractivity contribution >= 4 is 23.3 Å². The molecule has 0 spiro atoms. The average molecular weight is 466 g/mol. The van der Waals surface area contributed by atoms with Crippen molar-refractivity contribution in [2.75, 3.05) is 31.6 Å². The Balaban J connectivity index is 1.72. The summed E-state index contributed by atoms with van der Waals surface area (Å²) in [6.07, 6.45) is 8.67. The van der Waals surface area contributed by atoms with Gasteiger partial charge < -0.3 is 14.9 Å². The Morgan fingerprint density at radius 3 is 2.53 bits per heavy atom. The van der Waals surface area contributed by atoms with E-state index in [0.717, 1.165) is 42.9 Å². The number of aromatic nitrogens is 2. The molecule has 8 heteroatoms. The fraction of sp³-hybridized carbons (Fsp3) is 0.538. The molecule has 1 saturated carbocycles. The van der Waals surface area contributed by atoms with Gasteiger partial charge in [0.2, 0.25) is 5.91 Å². The van der Waals surface area contributed by atoms with E-state index in [9.17, 15) is 14.7 Å². The zero-order valence-corrected chi connectivity index (χ0v) is 20.4. The van der Waals surface area contributed by atoms with Crippen molar-refractivity contribution in [2.24, 2.45) is 4.99 Å². The predicted octanol–water partition coefficient (Wildman–Crippen LogP) is 3.49. The molecule has 1 aliphatic heterocycles. The molecule has 2 fully saturated rings. The molecule has 182 valence electrons. The van der Waals surface area contributed by atoms with E-state index in [-0.39, 0.29) is 17.9 Å². The highest BCUT2D eigenvalue weighted by molar-refractivity contribution is 5.94. The van der Waals surface area contributed by atoms with Crippen molar-refractivity contribution in [3.63, 3.8) is 0 Å². The van der Waals surface area contributed by atoms with Gasteiger partial charge in [0.25, 0.3) is 5.91 Å².